The zero-order valence-electron chi connectivity index (χ0n) is 11.7. The first-order valence-electron chi connectivity index (χ1n) is 7.04. The van der Waals surface area contributed by atoms with E-state index in [4.69, 9.17) is 0 Å². The number of carbonyl (C=O) groups excluding carboxylic acids is 3. The molecule has 3 amide bonds. The van der Waals surface area contributed by atoms with E-state index in [2.05, 4.69) is 16.2 Å². The Bertz CT molecular complexity index is 512. The Kier molecular flexibility index (Phi) is 5.31. The minimum Gasteiger partial charge on any atom is -0.355 e. The van der Waals surface area contributed by atoms with Gasteiger partial charge in [0, 0.05) is 18.9 Å². The van der Waals surface area contributed by atoms with Crippen molar-refractivity contribution in [1.29, 1.82) is 0 Å². The molecule has 0 spiro atoms. The molecule has 0 saturated heterocycles. The van der Waals surface area contributed by atoms with Gasteiger partial charge in [0.05, 0.1) is 6.42 Å². The summed E-state index contributed by atoms with van der Waals surface area (Å²) >= 11 is 0. The SMILES string of the molecule is O=C(Cc1ccccc1)NCCC(=O)NNC(=O)C1CC1. The molecule has 2 rings (SSSR count). The minimum atomic E-state index is -0.316. The molecule has 21 heavy (non-hydrogen) atoms. The van der Waals surface area contributed by atoms with Gasteiger partial charge < -0.3 is 5.32 Å². The first-order chi connectivity index (χ1) is 10.1. The molecule has 0 bridgehead atoms. The molecule has 3 N–H and O–H groups in total. The van der Waals surface area contributed by atoms with Crippen LogP contribution in [0.4, 0.5) is 0 Å². The third-order valence-corrected chi connectivity index (χ3v) is 3.15. The Morgan fingerprint density at radius 3 is 2.38 bits per heavy atom. The third-order valence-electron chi connectivity index (χ3n) is 3.15. The van der Waals surface area contributed by atoms with Crippen LogP contribution in [-0.4, -0.2) is 24.3 Å². The molecule has 112 valence electrons. The lowest BCUT2D eigenvalue weighted by Crippen LogP contribution is -2.43. The van der Waals surface area contributed by atoms with E-state index < -0.39 is 0 Å². The highest BCUT2D eigenvalue weighted by Crippen LogP contribution is 2.28. The molecular weight excluding hydrogens is 270 g/mol. The first-order valence-corrected chi connectivity index (χ1v) is 7.04. The van der Waals surface area contributed by atoms with Gasteiger partial charge in [0.1, 0.15) is 0 Å². The highest BCUT2D eigenvalue weighted by atomic mass is 16.2. The lowest BCUT2D eigenvalue weighted by molar-refractivity contribution is -0.129. The normalized spacial score (nSPS) is 13.3. The molecule has 1 aromatic carbocycles. The molecule has 1 aromatic rings. The number of hydrazine groups is 1. The molecule has 0 unspecified atom stereocenters. The highest BCUT2D eigenvalue weighted by molar-refractivity contribution is 5.85. The number of nitrogens with one attached hydrogen (secondary N) is 3. The number of benzene rings is 1. The van der Waals surface area contributed by atoms with Crippen molar-refractivity contribution in [2.75, 3.05) is 6.54 Å². The number of hydrogen-bond donors (Lipinski definition) is 3. The van der Waals surface area contributed by atoms with Crippen molar-refractivity contribution in [2.24, 2.45) is 5.92 Å². The summed E-state index contributed by atoms with van der Waals surface area (Å²) in [6.45, 7) is 0.247. The second-order valence-corrected chi connectivity index (χ2v) is 5.07. The van der Waals surface area contributed by atoms with Crippen LogP contribution < -0.4 is 16.2 Å². The fourth-order valence-corrected chi connectivity index (χ4v) is 1.80. The first kappa shape index (κ1) is 15.0. The van der Waals surface area contributed by atoms with E-state index in [0.29, 0.717) is 6.42 Å². The lowest BCUT2D eigenvalue weighted by Gasteiger charge is -2.07. The molecule has 0 aliphatic heterocycles. The Hall–Kier alpha value is -2.37. The summed E-state index contributed by atoms with van der Waals surface area (Å²) < 4.78 is 0. The van der Waals surface area contributed by atoms with Crippen molar-refractivity contribution >= 4 is 17.7 Å². The van der Waals surface area contributed by atoms with Crippen molar-refractivity contribution in [1.82, 2.24) is 16.2 Å². The van der Waals surface area contributed by atoms with Crippen molar-refractivity contribution in [3.63, 3.8) is 0 Å². The van der Waals surface area contributed by atoms with Crippen LogP contribution in [0.15, 0.2) is 30.3 Å². The van der Waals surface area contributed by atoms with Gasteiger partial charge in [-0.3, -0.25) is 25.2 Å². The summed E-state index contributed by atoms with van der Waals surface area (Å²) in [7, 11) is 0. The van der Waals surface area contributed by atoms with E-state index in [1.54, 1.807) is 0 Å². The monoisotopic (exact) mass is 289 g/mol. The quantitative estimate of drug-likeness (QED) is 0.658. The van der Waals surface area contributed by atoms with Crippen molar-refractivity contribution in [3.8, 4) is 0 Å². The Balaban J connectivity index is 1.56. The van der Waals surface area contributed by atoms with Gasteiger partial charge in [0.15, 0.2) is 0 Å². The molecule has 1 aliphatic rings. The van der Waals surface area contributed by atoms with Crippen LogP contribution in [0.3, 0.4) is 0 Å². The summed E-state index contributed by atoms with van der Waals surface area (Å²) in [6.07, 6.45) is 2.20. The van der Waals surface area contributed by atoms with Crippen molar-refractivity contribution in [2.45, 2.75) is 25.7 Å². The van der Waals surface area contributed by atoms with Gasteiger partial charge in [0.25, 0.3) is 0 Å². The van der Waals surface area contributed by atoms with Gasteiger partial charge in [0.2, 0.25) is 17.7 Å². The second kappa shape index (κ2) is 7.42. The van der Waals surface area contributed by atoms with Crippen LogP contribution in [0.2, 0.25) is 0 Å². The zero-order chi connectivity index (χ0) is 15.1. The second-order valence-electron chi connectivity index (χ2n) is 5.07. The van der Waals surface area contributed by atoms with Gasteiger partial charge in [-0.25, -0.2) is 0 Å². The van der Waals surface area contributed by atoms with Gasteiger partial charge in [-0.1, -0.05) is 30.3 Å². The maximum absolute atomic E-state index is 11.6. The maximum atomic E-state index is 11.6. The van der Waals surface area contributed by atoms with E-state index in [1.165, 1.54) is 0 Å². The highest BCUT2D eigenvalue weighted by Gasteiger charge is 2.29. The van der Waals surface area contributed by atoms with E-state index in [1.807, 2.05) is 30.3 Å². The molecular formula is C15H19N3O3. The van der Waals surface area contributed by atoms with Crippen LogP contribution in [0.5, 0.6) is 0 Å². The Morgan fingerprint density at radius 2 is 1.71 bits per heavy atom. The van der Waals surface area contributed by atoms with Crippen LogP contribution in [0.1, 0.15) is 24.8 Å². The largest absolute Gasteiger partial charge is 0.355 e. The smallest absolute Gasteiger partial charge is 0.241 e. The fraction of sp³-hybridized carbons (Fsp3) is 0.400. The number of hydrogen-bond acceptors (Lipinski definition) is 3. The summed E-state index contributed by atoms with van der Waals surface area (Å²) in [5.41, 5.74) is 5.64. The zero-order valence-corrected chi connectivity index (χ0v) is 11.7. The molecule has 6 nitrogen and oxygen atoms in total. The average Bonchev–Trinajstić information content (AvgIpc) is 3.30. The van der Waals surface area contributed by atoms with E-state index in [-0.39, 0.29) is 36.6 Å². The van der Waals surface area contributed by atoms with Crippen LogP contribution in [0, 0.1) is 5.92 Å². The van der Waals surface area contributed by atoms with E-state index in [0.717, 1.165) is 18.4 Å². The fourth-order valence-electron chi connectivity index (χ4n) is 1.80. The summed E-state index contributed by atoms with van der Waals surface area (Å²) in [4.78, 5) is 34.4. The Labute approximate surface area is 123 Å². The maximum Gasteiger partial charge on any atom is 0.241 e. The standard InChI is InChI=1S/C15H19N3O3/c19-13(17-18-15(21)12-6-7-12)8-9-16-14(20)10-11-4-2-1-3-5-11/h1-5,12H,6-10H2,(H,16,20)(H,17,19)(H,18,21). The third kappa shape index (κ3) is 5.64. The molecule has 0 radical (unpaired) electrons. The molecule has 0 atom stereocenters. The molecule has 1 fully saturated rings. The summed E-state index contributed by atoms with van der Waals surface area (Å²) in [6, 6.07) is 9.39. The van der Waals surface area contributed by atoms with Gasteiger partial charge >= 0.3 is 0 Å². The van der Waals surface area contributed by atoms with Gasteiger partial charge in [-0.05, 0) is 18.4 Å². The number of amides is 3. The average molecular weight is 289 g/mol. The minimum absolute atomic E-state index is 0.0517. The predicted octanol–water partition coefficient (Wildman–Crippen LogP) is 0.293. The van der Waals surface area contributed by atoms with Gasteiger partial charge in [-0.2, -0.15) is 0 Å². The molecule has 6 heteroatoms. The van der Waals surface area contributed by atoms with E-state index in [9.17, 15) is 14.4 Å². The lowest BCUT2D eigenvalue weighted by atomic mass is 10.1. The van der Waals surface area contributed by atoms with Crippen molar-refractivity contribution < 1.29 is 14.4 Å². The van der Waals surface area contributed by atoms with Crippen LogP contribution >= 0.6 is 0 Å². The molecule has 0 heterocycles. The van der Waals surface area contributed by atoms with Crippen LogP contribution in [-0.2, 0) is 20.8 Å². The van der Waals surface area contributed by atoms with E-state index >= 15 is 0 Å². The van der Waals surface area contributed by atoms with Gasteiger partial charge in [-0.15, -0.1) is 0 Å². The molecule has 0 aromatic heterocycles. The summed E-state index contributed by atoms with van der Waals surface area (Å²) in [5, 5.41) is 2.67. The molecule has 1 saturated carbocycles. The topological polar surface area (TPSA) is 87.3 Å². The number of rotatable bonds is 6. The predicted molar refractivity (Wildman–Crippen MR) is 76.8 cm³/mol. The Morgan fingerprint density at radius 1 is 1.00 bits per heavy atom. The summed E-state index contributed by atoms with van der Waals surface area (Å²) in [5.74, 6) is -0.535. The van der Waals surface area contributed by atoms with Crippen molar-refractivity contribution in [3.05, 3.63) is 35.9 Å². The number of carbonyl (C=O) groups is 3. The van der Waals surface area contributed by atoms with Crippen LogP contribution in [0.25, 0.3) is 0 Å². The molecule has 1 aliphatic carbocycles.